The highest BCUT2D eigenvalue weighted by molar-refractivity contribution is 5.89. The molecule has 1 aromatic carbocycles. The Morgan fingerprint density at radius 1 is 1.30 bits per heavy atom. The predicted molar refractivity (Wildman–Crippen MR) is 94.9 cm³/mol. The van der Waals surface area contributed by atoms with E-state index in [4.69, 9.17) is 4.74 Å². The van der Waals surface area contributed by atoms with Crippen LogP contribution < -0.4 is 5.32 Å². The summed E-state index contributed by atoms with van der Waals surface area (Å²) in [6.07, 6.45) is 0.969. The maximum atomic E-state index is 12.6. The molecule has 0 spiro atoms. The Morgan fingerprint density at radius 3 is 2.52 bits per heavy atom. The monoisotopic (exact) mass is 318 g/mol. The second-order valence-corrected chi connectivity index (χ2v) is 7.81. The molecule has 128 valence electrons. The molecule has 2 amide bonds. The van der Waals surface area contributed by atoms with Gasteiger partial charge in [0, 0.05) is 12.2 Å². The molecule has 0 aliphatic carbocycles. The Morgan fingerprint density at radius 2 is 1.96 bits per heavy atom. The van der Waals surface area contributed by atoms with Gasteiger partial charge in [0.15, 0.2) is 0 Å². The lowest BCUT2D eigenvalue weighted by molar-refractivity contribution is 0.00857. The molecule has 4 heteroatoms. The number of anilines is 1. The van der Waals surface area contributed by atoms with Crippen LogP contribution in [0.5, 0.6) is 0 Å². The van der Waals surface area contributed by atoms with Crippen molar-refractivity contribution in [2.45, 2.75) is 52.5 Å². The standard InChI is InChI=1S/C19H30N2O2/c1-14(2)12-17-13-23-11-10-21(17)18(22)20-16-8-6-15(7-9-16)19(3,4)5/h6-9,14,17H,10-13H2,1-5H3,(H,20,22). The number of amides is 2. The van der Waals surface area contributed by atoms with Crippen LogP contribution in [-0.4, -0.2) is 36.7 Å². The summed E-state index contributed by atoms with van der Waals surface area (Å²) in [5.41, 5.74) is 2.23. The summed E-state index contributed by atoms with van der Waals surface area (Å²) in [6.45, 7) is 12.8. The van der Waals surface area contributed by atoms with E-state index in [-0.39, 0.29) is 17.5 Å². The summed E-state index contributed by atoms with van der Waals surface area (Å²) in [5, 5.41) is 3.02. The van der Waals surface area contributed by atoms with Crippen LogP contribution in [0.1, 0.15) is 46.6 Å². The Balaban J connectivity index is 2.02. The quantitative estimate of drug-likeness (QED) is 0.904. The van der Waals surface area contributed by atoms with Gasteiger partial charge in [0.05, 0.1) is 19.3 Å². The number of nitrogens with one attached hydrogen (secondary N) is 1. The fraction of sp³-hybridized carbons (Fsp3) is 0.632. The van der Waals surface area contributed by atoms with Crippen molar-refractivity contribution in [3.63, 3.8) is 0 Å². The van der Waals surface area contributed by atoms with Gasteiger partial charge in [-0.2, -0.15) is 0 Å². The second kappa shape index (κ2) is 7.35. The van der Waals surface area contributed by atoms with Gasteiger partial charge in [-0.25, -0.2) is 4.79 Å². The van der Waals surface area contributed by atoms with Crippen molar-refractivity contribution >= 4 is 11.7 Å². The summed E-state index contributed by atoms with van der Waals surface area (Å²) in [6, 6.07) is 8.27. The van der Waals surface area contributed by atoms with Gasteiger partial charge in [-0.1, -0.05) is 46.8 Å². The predicted octanol–water partition coefficient (Wildman–Crippen LogP) is 4.26. The average molecular weight is 318 g/mol. The van der Waals surface area contributed by atoms with Crippen LogP contribution in [0.2, 0.25) is 0 Å². The summed E-state index contributed by atoms with van der Waals surface area (Å²) in [7, 11) is 0. The first-order valence-electron chi connectivity index (χ1n) is 8.53. The van der Waals surface area contributed by atoms with Gasteiger partial charge in [0.25, 0.3) is 0 Å². The number of rotatable bonds is 3. The SMILES string of the molecule is CC(C)CC1COCCN1C(=O)Nc1ccc(C(C)(C)C)cc1. The van der Waals surface area contributed by atoms with Crippen LogP contribution in [-0.2, 0) is 10.2 Å². The van der Waals surface area contributed by atoms with Crippen LogP contribution in [0.25, 0.3) is 0 Å². The number of morpholine rings is 1. The lowest BCUT2D eigenvalue weighted by Gasteiger charge is -2.36. The first-order chi connectivity index (χ1) is 10.8. The summed E-state index contributed by atoms with van der Waals surface area (Å²) >= 11 is 0. The fourth-order valence-electron chi connectivity index (χ4n) is 2.91. The van der Waals surface area contributed by atoms with Crippen molar-refractivity contribution in [2.75, 3.05) is 25.1 Å². The molecular weight excluding hydrogens is 288 g/mol. The molecule has 4 nitrogen and oxygen atoms in total. The molecule has 23 heavy (non-hydrogen) atoms. The molecule has 0 bridgehead atoms. The second-order valence-electron chi connectivity index (χ2n) is 7.81. The van der Waals surface area contributed by atoms with Gasteiger partial charge in [0.1, 0.15) is 0 Å². The number of benzene rings is 1. The molecule has 1 fully saturated rings. The molecular formula is C19H30N2O2. The summed E-state index contributed by atoms with van der Waals surface area (Å²) in [4.78, 5) is 14.5. The normalized spacial score (nSPS) is 19.0. The lowest BCUT2D eigenvalue weighted by atomic mass is 9.87. The smallest absolute Gasteiger partial charge is 0.322 e. The zero-order valence-corrected chi connectivity index (χ0v) is 15.1. The molecule has 1 N–H and O–H groups in total. The van der Waals surface area contributed by atoms with E-state index in [1.54, 1.807) is 0 Å². The topological polar surface area (TPSA) is 41.6 Å². The van der Waals surface area contributed by atoms with E-state index >= 15 is 0 Å². The van der Waals surface area contributed by atoms with Crippen LogP contribution in [0.3, 0.4) is 0 Å². The van der Waals surface area contributed by atoms with Crippen molar-refractivity contribution in [1.82, 2.24) is 4.90 Å². The molecule has 1 atom stereocenters. The Hall–Kier alpha value is -1.55. The molecule has 1 heterocycles. The number of hydrogen-bond acceptors (Lipinski definition) is 2. The third-order valence-electron chi connectivity index (χ3n) is 4.23. The molecule has 1 aliphatic heterocycles. The van der Waals surface area contributed by atoms with Crippen molar-refractivity contribution in [3.05, 3.63) is 29.8 Å². The highest BCUT2D eigenvalue weighted by atomic mass is 16.5. The van der Waals surface area contributed by atoms with Gasteiger partial charge >= 0.3 is 6.03 Å². The minimum absolute atomic E-state index is 0.0255. The van der Waals surface area contributed by atoms with E-state index in [2.05, 4.69) is 52.1 Å². The Kier molecular flexibility index (Phi) is 5.69. The lowest BCUT2D eigenvalue weighted by Crippen LogP contribution is -2.50. The molecule has 1 unspecified atom stereocenters. The third kappa shape index (κ3) is 4.96. The van der Waals surface area contributed by atoms with E-state index in [0.717, 1.165) is 12.1 Å². The Labute approximate surface area is 140 Å². The zero-order chi connectivity index (χ0) is 17.0. The van der Waals surface area contributed by atoms with E-state index in [1.165, 1.54) is 5.56 Å². The zero-order valence-electron chi connectivity index (χ0n) is 15.1. The number of hydrogen-bond donors (Lipinski definition) is 1. The van der Waals surface area contributed by atoms with E-state index in [0.29, 0.717) is 25.7 Å². The largest absolute Gasteiger partial charge is 0.377 e. The van der Waals surface area contributed by atoms with Crippen LogP contribution >= 0.6 is 0 Å². The highest BCUT2D eigenvalue weighted by Crippen LogP contribution is 2.24. The van der Waals surface area contributed by atoms with Gasteiger partial charge in [-0.15, -0.1) is 0 Å². The van der Waals surface area contributed by atoms with Crippen molar-refractivity contribution < 1.29 is 9.53 Å². The average Bonchev–Trinajstić information content (AvgIpc) is 2.46. The maximum absolute atomic E-state index is 12.6. The van der Waals surface area contributed by atoms with Gasteiger partial charge in [0.2, 0.25) is 0 Å². The molecule has 0 aromatic heterocycles. The van der Waals surface area contributed by atoms with Gasteiger partial charge in [-0.05, 0) is 35.4 Å². The number of carbonyl (C=O) groups excluding carboxylic acids is 1. The van der Waals surface area contributed by atoms with E-state index < -0.39 is 0 Å². The van der Waals surface area contributed by atoms with E-state index in [9.17, 15) is 4.79 Å². The highest BCUT2D eigenvalue weighted by Gasteiger charge is 2.28. The maximum Gasteiger partial charge on any atom is 0.322 e. The molecule has 2 rings (SSSR count). The molecule has 1 saturated heterocycles. The number of ether oxygens (including phenoxy) is 1. The van der Waals surface area contributed by atoms with Gasteiger partial charge < -0.3 is 15.0 Å². The van der Waals surface area contributed by atoms with Crippen LogP contribution in [0.4, 0.5) is 10.5 Å². The summed E-state index contributed by atoms with van der Waals surface area (Å²) in [5.74, 6) is 0.545. The first-order valence-corrected chi connectivity index (χ1v) is 8.53. The third-order valence-corrected chi connectivity index (χ3v) is 4.23. The van der Waals surface area contributed by atoms with Crippen molar-refractivity contribution in [3.8, 4) is 0 Å². The number of carbonyl (C=O) groups is 1. The van der Waals surface area contributed by atoms with Crippen molar-refractivity contribution in [2.24, 2.45) is 5.92 Å². The summed E-state index contributed by atoms with van der Waals surface area (Å²) < 4.78 is 5.55. The van der Waals surface area contributed by atoms with E-state index in [1.807, 2.05) is 17.0 Å². The minimum atomic E-state index is -0.0255. The fourth-order valence-corrected chi connectivity index (χ4v) is 2.91. The molecule has 1 aliphatic rings. The number of nitrogens with zero attached hydrogens (tertiary/aromatic N) is 1. The Bertz CT molecular complexity index is 517. The van der Waals surface area contributed by atoms with Crippen molar-refractivity contribution in [1.29, 1.82) is 0 Å². The molecule has 0 saturated carbocycles. The first kappa shape index (κ1) is 17.8. The molecule has 0 radical (unpaired) electrons. The van der Waals surface area contributed by atoms with Crippen LogP contribution in [0.15, 0.2) is 24.3 Å². The minimum Gasteiger partial charge on any atom is -0.377 e. The van der Waals surface area contributed by atoms with Crippen LogP contribution in [0, 0.1) is 5.92 Å². The number of urea groups is 1. The van der Waals surface area contributed by atoms with Gasteiger partial charge in [-0.3, -0.25) is 0 Å². The molecule has 1 aromatic rings.